The Kier molecular flexibility index (Phi) is 3.26. The van der Waals surface area contributed by atoms with Crippen LogP contribution < -0.4 is 10.6 Å². The first-order valence-electron chi connectivity index (χ1n) is 6.29. The first-order valence-corrected chi connectivity index (χ1v) is 6.29. The lowest BCUT2D eigenvalue weighted by molar-refractivity contribution is -0.112. The molecular weight excluding hydrogens is 256 g/mol. The fraction of sp³-hybridized carbons (Fsp3) is 0.231. The highest BCUT2D eigenvalue weighted by Gasteiger charge is 2.17. The van der Waals surface area contributed by atoms with Crippen molar-refractivity contribution in [3.05, 3.63) is 41.7 Å². The van der Waals surface area contributed by atoms with Gasteiger partial charge in [-0.15, -0.1) is 5.10 Å². The number of carbonyl (C=O) groups is 1. The Morgan fingerprint density at radius 2 is 2.15 bits per heavy atom. The molecule has 1 aliphatic heterocycles. The van der Waals surface area contributed by atoms with Crippen molar-refractivity contribution in [1.29, 1.82) is 0 Å². The molecule has 0 unspecified atom stereocenters. The molecular formula is C13H14N6O. The zero-order valence-corrected chi connectivity index (χ0v) is 11.0. The predicted molar refractivity (Wildman–Crippen MR) is 73.4 cm³/mol. The van der Waals surface area contributed by atoms with Crippen LogP contribution in [-0.2, 0) is 4.79 Å². The van der Waals surface area contributed by atoms with Gasteiger partial charge in [-0.1, -0.05) is 12.1 Å². The molecule has 1 aromatic carbocycles. The third-order valence-corrected chi connectivity index (χ3v) is 3.30. The van der Waals surface area contributed by atoms with Gasteiger partial charge in [-0.2, -0.15) is 4.68 Å². The number of anilines is 1. The minimum absolute atomic E-state index is 0.0953. The van der Waals surface area contributed by atoms with E-state index >= 15 is 0 Å². The predicted octanol–water partition coefficient (Wildman–Crippen LogP) is 0.520. The summed E-state index contributed by atoms with van der Waals surface area (Å²) >= 11 is 0. The van der Waals surface area contributed by atoms with E-state index in [4.69, 9.17) is 0 Å². The number of hydrogen-bond acceptors (Lipinski definition) is 5. The molecule has 7 heteroatoms. The molecule has 7 nitrogen and oxygen atoms in total. The van der Waals surface area contributed by atoms with Crippen molar-refractivity contribution in [3.8, 4) is 5.69 Å². The van der Waals surface area contributed by atoms with Crippen molar-refractivity contribution in [1.82, 2.24) is 25.5 Å². The monoisotopic (exact) mass is 270 g/mol. The topological polar surface area (TPSA) is 84.7 Å². The first kappa shape index (κ1) is 12.5. The fourth-order valence-electron chi connectivity index (χ4n) is 1.94. The second-order valence-electron chi connectivity index (χ2n) is 4.56. The number of benzene rings is 1. The Morgan fingerprint density at radius 3 is 2.80 bits per heavy atom. The van der Waals surface area contributed by atoms with Crippen molar-refractivity contribution in [3.63, 3.8) is 0 Å². The van der Waals surface area contributed by atoms with E-state index in [-0.39, 0.29) is 5.91 Å². The smallest absolute Gasteiger partial charge is 0.251 e. The van der Waals surface area contributed by atoms with Crippen LogP contribution >= 0.6 is 0 Å². The first-order chi connectivity index (χ1) is 9.75. The molecule has 1 saturated heterocycles. The maximum Gasteiger partial charge on any atom is 0.251 e. The molecule has 2 heterocycles. The maximum atomic E-state index is 12.2. The number of tetrazole rings is 1. The van der Waals surface area contributed by atoms with Crippen LogP contribution in [0, 0.1) is 0 Å². The van der Waals surface area contributed by atoms with Crippen LogP contribution in [-0.4, -0.2) is 39.2 Å². The summed E-state index contributed by atoms with van der Waals surface area (Å²) in [4.78, 5) is 12.2. The number of para-hydroxylation sites is 2. The van der Waals surface area contributed by atoms with Gasteiger partial charge in [0.2, 0.25) is 0 Å². The van der Waals surface area contributed by atoms with Gasteiger partial charge in [0, 0.05) is 18.7 Å². The van der Waals surface area contributed by atoms with Gasteiger partial charge < -0.3 is 10.6 Å². The minimum atomic E-state index is -0.0953. The quantitative estimate of drug-likeness (QED) is 0.794. The van der Waals surface area contributed by atoms with Gasteiger partial charge in [0.25, 0.3) is 5.91 Å². The molecule has 2 N–H and O–H groups in total. The van der Waals surface area contributed by atoms with Crippen LogP contribution in [0.15, 0.2) is 41.7 Å². The molecule has 0 bridgehead atoms. The largest absolute Gasteiger partial charge is 0.320 e. The summed E-state index contributed by atoms with van der Waals surface area (Å²) in [6.45, 7) is 3.41. The van der Waals surface area contributed by atoms with Crippen LogP contribution in [0.2, 0.25) is 0 Å². The lowest BCUT2D eigenvalue weighted by Crippen LogP contribution is -2.36. The van der Waals surface area contributed by atoms with E-state index in [1.54, 1.807) is 0 Å². The highest BCUT2D eigenvalue weighted by atomic mass is 16.1. The number of hydrogen-bond donors (Lipinski definition) is 2. The van der Waals surface area contributed by atoms with E-state index in [0.29, 0.717) is 5.69 Å². The SMILES string of the molecule is CC(C(=O)Nc1ccccc1-n1cnnn1)=C1CNC1. The summed E-state index contributed by atoms with van der Waals surface area (Å²) in [5.74, 6) is -0.0953. The number of rotatable bonds is 3. The van der Waals surface area contributed by atoms with Gasteiger partial charge in [-0.25, -0.2) is 0 Å². The molecule has 20 heavy (non-hydrogen) atoms. The minimum Gasteiger partial charge on any atom is -0.320 e. The molecule has 0 radical (unpaired) electrons. The van der Waals surface area contributed by atoms with E-state index in [9.17, 15) is 4.79 Å². The molecule has 1 amide bonds. The van der Waals surface area contributed by atoms with Crippen molar-refractivity contribution < 1.29 is 4.79 Å². The third-order valence-electron chi connectivity index (χ3n) is 3.30. The van der Waals surface area contributed by atoms with E-state index in [0.717, 1.165) is 29.9 Å². The molecule has 3 rings (SSSR count). The Bertz CT molecular complexity index is 655. The molecule has 1 aromatic heterocycles. The fourth-order valence-corrected chi connectivity index (χ4v) is 1.94. The number of amides is 1. The van der Waals surface area contributed by atoms with E-state index < -0.39 is 0 Å². The van der Waals surface area contributed by atoms with Crippen molar-refractivity contribution >= 4 is 11.6 Å². The summed E-state index contributed by atoms with van der Waals surface area (Å²) in [6, 6.07) is 7.40. The summed E-state index contributed by atoms with van der Waals surface area (Å²) in [5.41, 5.74) is 3.31. The van der Waals surface area contributed by atoms with Gasteiger partial charge in [0.1, 0.15) is 6.33 Å². The number of nitrogens with zero attached hydrogens (tertiary/aromatic N) is 4. The second-order valence-corrected chi connectivity index (χ2v) is 4.56. The summed E-state index contributed by atoms with van der Waals surface area (Å²) in [5, 5.41) is 17.1. The normalized spacial score (nSPS) is 13.8. The summed E-state index contributed by atoms with van der Waals surface area (Å²) in [7, 11) is 0. The van der Waals surface area contributed by atoms with E-state index in [2.05, 4.69) is 26.2 Å². The van der Waals surface area contributed by atoms with Crippen molar-refractivity contribution in [2.75, 3.05) is 18.4 Å². The number of nitrogens with one attached hydrogen (secondary N) is 2. The van der Waals surface area contributed by atoms with Crippen LogP contribution in [0.3, 0.4) is 0 Å². The Morgan fingerprint density at radius 1 is 1.35 bits per heavy atom. The lowest BCUT2D eigenvalue weighted by Gasteiger charge is -2.21. The highest BCUT2D eigenvalue weighted by molar-refractivity contribution is 6.05. The molecule has 0 spiro atoms. The summed E-state index contributed by atoms with van der Waals surface area (Å²) in [6.07, 6.45) is 1.49. The van der Waals surface area contributed by atoms with Gasteiger partial charge in [-0.05, 0) is 35.1 Å². The zero-order chi connectivity index (χ0) is 13.9. The zero-order valence-electron chi connectivity index (χ0n) is 11.0. The van der Waals surface area contributed by atoms with Crippen LogP contribution in [0.25, 0.3) is 5.69 Å². The Balaban J connectivity index is 1.86. The van der Waals surface area contributed by atoms with Crippen molar-refractivity contribution in [2.45, 2.75) is 6.92 Å². The number of aromatic nitrogens is 4. The molecule has 0 aliphatic carbocycles. The Labute approximate surface area is 115 Å². The maximum absolute atomic E-state index is 12.2. The second kappa shape index (κ2) is 5.22. The lowest BCUT2D eigenvalue weighted by atomic mass is 10.0. The van der Waals surface area contributed by atoms with Crippen LogP contribution in [0.4, 0.5) is 5.69 Å². The van der Waals surface area contributed by atoms with Crippen molar-refractivity contribution in [2.24, 2.45) is 0 Å². The van der Waals surface area contributed by atoms with Gasteiger partial charge >= 0.3 is 0 Å². The van der Waals surface area contributed by atoms with Crippen LogP contribution in [0.5, 0.6) is 0 Å². The standard InChI is InChI=1S/C13H14N6O/c1-9(10-6-14-7-10)13(20)16-11-4-2-3-5-12(11)19-8-15-17-18-19/h2-5,8,14H,6-7H2,1H3,(H,16,20). The highest BCUT2D eigenvalue weighted by Crippen LogP contribution is 2.20. The average molecular weight is 270 g/mol. The Hall–Kier alpha value is -2.54. The van der Waals surface area contributed by atoms with Crippen LogP contribution in [0.1, 0.15) is 6.92 Å². The molecule has 0 atom stereocenters. The van der Waals surface area contributed by atoms with Gasteiger partial charge in [0.05, 0.1) is 11.4 Å². The van der Waals surface area contributed by atoms with Gasteiger partial charge in [0.15, 0.2) is 0 Å². The molecule has 1 aliphatic rings. The van der Waals surface area contributed by atoms with E-state index in [1.165, 1.54) is 11.0 Å². The average Bonchev–Trinajstić information content (AvgIpc) is 2.91. The number of carbonyl (C=O) groups excluding carboxylic acids is 1. The molecule has 1 fully saturated rings. The summed E-state index contributed by atoms with van der Waals surface area (Å²) < 4.78 is 1.52. The third kappa shape index (κ3) is 2.30. The molecule has 2 aromatic rings. The molecule has 102 valence electrons. The molecule has 0 saturated carbocycles. The van der Waals surface area contributed by atoms with Gasteiger partial charge in [-0.3, -0.25) is 4.79 Å². The van der Waals surface area contributed by atoms with E-state index in [1.807, 2.05) is 31.2 Å².